The maximum absolute atomic E-state index is 12.6. The van der Waals surface area contributed by atoms with Crippen molar-refractivity contribution in [2.75, 3.05) is 44.2 Å². The van der Waals surface area contributed by atoms with E-state index in [1.807, 2.05) is 23.1 Å². The SMILES string of the molecule is O=C(CCN1CCN(c2cccc(Cl)c2)CC1)N1CCc2ccccc2C1. The molecule has 0 aromatic heterocycles. The van der Waals surface area contributed by atoms with Gasteiger partial charge >= 0.3 is 0 Å². The number of piperazine rings is 1. The van der Waals surface area contributed by atoms with E-state index in [0.29, 0.717) is 6.42 Å². The summed E-state index contributed by atoms with van der Waals surface area (Å²) >= 11 is 6.10. The molecule has 1 fully saturated rings. The monoisotopic (exact) mass is 383 g/mol. The zero-order valence-corrected chi connectivity index (χ0v) is 16.4. The van der Waals surface area contributed by atoms with E-state index >= 15 is 0 Å². The summed E-state index contributed by atoms with van der Waals surface area (Å²) in [5.41, 5.74) is 3.87. The summed E-state index contributed by atoms with van der Waals surface area (Å²) in [6.45, 7) is 6.39. The van der Waals surface area contributed by atoms with Crippen LogP contribution in [0, 0.1) is 0 Å². The highest BCUT2D eigenvalue weighted by atomic mass is 35.5. The van der Waals surface area contributed by atoms with Gasteiger partial charge in [-0.15, -0.1) is 0 Å². The first kappa shape index (κ1) is 18.3. The van der Waals surface area contributed by atoms with E-state index in [1.54, 1.807) is 0 Å². The molecule has 0 bridgehead atoms. The van der Waals surface area contributed by atoms with E-state index in [4.69, 9.17) is 11.6 Å². The molecule has 0 atom stereocenters. The molecule has 1 saturated heterocycles. The second-order valence-electron chi connectivity index (χ2n) is 7.39. The summed E-state index contributed by atoms with van der Waals surface area (Å²) in [6.07, 6.45) is 1.58. The van der Waals surface area contributed by atoms with Gasteiger partial charge in [-0.1, -0.05) is 41.9 Å². The Kier molecular flexibility index (Phi) is 5.65. The molecule has 2 aromatic rings. The Morgan fingerprint density at radius 3 is 2.48 bits per heavy atom. The Morgan fingerprint density at radius 2 is 1.70 bits per heavy atom. The predicted octanol–water partition coefficient (Wildman–Crippen LogP) is 3.44. The molecule has 5 heteroatoms. The van der Waals surface area contributed by atoms with Crippen molar-refractivity contribution >= 4 is 23.2 Å². The average Bonchev–Trinajstić information content (AvgIpc) is 2.72. The van der Waals surface area contributed by atoms with Gasteiger partial charge in [-0.05, 0) is 35.7 Å². The number of fused-ring (bicyclic) bond motifs is 1. The number of halogens is 1. The van der Waals surface area contributed by atoms with E-state index in [1.165, 1.54) is 16.8 Å². The highest BCUT2D eigenvalue weighted by Gasteiger charge is 2.22. The number of rotatable bonds is 4. The molecule has 2 aliphatic rings. The molecule has 0 spiro atoms. The van der Waals surface area contributed by atoms with Crippen LogP contribution < -0.4 is 4.90 Å². The fourth-order valence-corrected chi connectivity index (χ4v) is 4.21. The molecular weight excluding hydrogens is 358 g/mol. The summed E-state index contributed by atoms with van der Waals surface area (Å²) < 4.78 is 0. The number of hydrogen-bond acceptors (Lipinski definition) is 3. The van der Waals surface area contributed by atoms with Crippen molar-refractivity contribution in [2.45, 2.75) is 19.4 Å². The first-order valence-electron chi connectivity index (χ1n) is 9.76. The van der Waals surface area contributed by atoms with Crippen molar-refractivity contribution in [3.8, 4) is 0 Å². The normalized spacial score (nSPS) is 17.7. The maximum atomic E-state index is 12.6. The third-order valence-corrected chi connectivity index (χ3v) is 5.91. The minimum absolute atomic E-state index is 0.279. The summed E-state index contributed by atoms with van der Waals surface area (Å²) in [5, 5.41) is 0.781. The minimum atomic E-state index is 0.279. The summed E-state index contributed by atoms with van der Waals surface area (Å²) in [7, 11) is 0. The fourth-order valence-electron chi connectivity index (χ4n) is 4.02. The van der Waals surface area contributed by atoms with Gasteiger partial charge in [-0.2, -0.15) is 0 Å². The minimum Gasteiger partial charge on any atom is -0.369 e. The molecule has 2 heterocycles. The molecule has 1 amide bonds. The number of amides is 1. The second-order valence-corrected chi connectivity index (χ2v) is 7.83. The first-order chi connectivity index (χ1) is 13.2. The van der Waals surface area contributed by atoms with Crippen LogP contribution in [0.15, 0.2) is 48.5 Å². The Labute approximate surface area is 166 Å². The van der Waals surface area contributed by atoms with Crippen LogP contribution >= 0.6 is 11.6 Å². The topological polar surface area (TPSA) is 26.8 Å². The average molecular weight is 384 g/mol. The zero-order valence-electron chi connectivity index (χ0n) is 15.6. The van der Waals surface area contributed by atoms with E-state index in [9.17, 15) is 4.79 Å². The van der Waals surface area contributed by atoms with Gasteiger partial charge in [0, 0.05) is 62.9 Å². The molecule has 4 rings (SSSR count). The molecule has 0 unspecified atom stereocenters. The van der Waals surface area contributed by atoms with Crippen LogP contribution in [0.4, 0.5) is 5.69 Å². The predicted molar refractivity (Wildman–Crippen MR) is 110 cm³/mol. The van der Waals surface area contributed by atoms with Gasteiger partial charge < -0.3 is 9.80 Å². The van der Waals surface area contributed by atoms with Gasteiger partial charge in [-0.3, -0.25) is 9.69 Å². The van der Waals surface area contributed by atoms with Crippen LogP contribution in [-0.2, 0) is 17.8 Å². The van der Waals surface area contributed by atoms with E-state index < -0.39 is 0 Å². The largest absolute Gasteiger partial charge is 0.369 e. The number of hydrogen-bond donors (Lipinski definition) is 0. The molecule has 0 radical (unpaired) electrons. The van der Waals surface area contributed by atoms with Gasteiger partial charge in [-0.25, -0.2) is 0 Å². The molecule has 142 valence electrons. The molecule has 0 aliphatic carbocycles. The lowest BCUT2D eigenvalue weighted by Crippen LogP contribution is -2.47. The van der Waals surface area contributed by atoms with Crippen LogP contribution in [0.1, 0.15) is 17.5 Å². The Morgan fingerprint density at radius 1 is 0.926 bits per heavy atom. The smallest absolute Gasteiger partial charge is 0.224 e. The highest BCUT2D eigenvalue weighted by Crippen LogP contribution is 2.21. The number of benzene rings is 2. The Balaban J connectivity index is 1.24. The summed E-state index contributed by atoms with van der Waals surface area (Å²) in [5.74, 6) is 0.279. The lowest BCUT2D eigenvalue weighted by Gasteiger charge is -2.36. The molecule has 0 N–H and O–H groups in total. The van der Waals surface area contributed by atoms with Crippen molar-refractivity contribution in [2.24, 2.45) is 0 Å². The van der Waals surface area contributed by atoms with E-state index in [-0.39, 0.29) is 5.91 Å². The van der Waals surface area contributed by atoms with Crippen molar-refractivity contribution in [1.82, 2.24) is 9.80 Å². The molecule has 27 heavy (non-hydrogen) atoms. The van der Waals surface area contributed by atoms with Crippen LogP contribution in [0.3, 0.4) is 0 Å². The van der Waals surface area contributed by atoms with Crippen LogP contribution in [0.2, 0.25) is 5.02 Å². The molecular formula is C22H26ClN3O. The van der Waals surface area contributed by atoms with Crippen LogP contribution in [-0.4, -0.2) is 55.0 Å². The zero-order chi connectivity index (χ0) is 18.6. The number of anilines is 1. The van der Waals surface area contributed by atoms with Crippen LogP contribution in [0.25, 0.3) is 0 Å². The highest BCUT2D eigenvalue weighted by molar-refractivity contribution is 6.30. The summed E-state index contributed by atoms with van der Waals surface area (Å²) in [4.78, 5) is 19.4. The van der Waals surface area contributed by atoms with Gasteiger partial charge in [0.1, 0.15) is 0 Å². The summed E-state index contributed by atoms with van der Waals surface area (Å²) in [6, 6.07) is 16.5. The lowest BCUT2D eigenvalue weighted by molar-refractivity contribution is -0.132. The van der Waals surface area contributed by atoms with Crippen molar-refractivity contribution < 1.29 is 4.79 Å². The Bertz CT molecular complexity index is 802. The molecule has 2 aromatic carbocycles. The molecule has 0 saturated carbocycles. The number of nitrogens with zero attached hydrogens (tertiary/aromatic N) is 3. The quantitative estimate of drug-likeness (QED) is 0.809. The molecule has 2 aliphatic heterocycles. The van der Waals surface area contributed by atoms with Gasteiger partial charge in [0.25, 0.3) is 0 Å². The van der Waals surface area contributed by atoms with Crippen molar-refractivity contribution in [1.29, 1.82) is 0 Å². The third kappa shape index (κ3) is 4.45. The number of carbonyl (C=O) groups is 1. The third-order valence-electron chi connectivity index (χ3n) is 5.67. The van der Waals surface area contributed by atoms with Crippen molar-refractivity contribution in [3.63, 3.8) is 0 Å². The van der Waals surface area contributed by atoms with Gasteiger partial charge in [0.15, 0.2) is 0 Å². The van der Waals surface area contributed by atoms with Gasteiger partial charge in [0.05, 0.1) is 0 Å². The van der Waals surface area contributed by atoms with Crippen molar-refractivity contribution in [3.05, 3.63) is 64.7 Å². The first-order valence-corrected chi connectivity index (χ1v) is 10.1. The van der Waals surface area contributed by atoms with Crippen LogP contribution in [0.5, 0.6) is 0 Å². The second kappa shape index (κ2) is 8.32. The van der Waals surface area contributed by atoms with Gasteiger partial charge in [0.2, 0.25) is 5.91 Å². The van der Waals surface area contributed by atoms with E-state index in [2.05, 4.69) is 40.1 Å². The fraction of sp³-hybridized carbons (Fsp3) is 0.409. The van der Waals surface area contributed by atoms with E-state index in [0.717, 1.165) is 57.3 Å². The Hall–Kier alpha value is -2.04. The lowest BCUT2D eigenvalue weighted by atomic mass is 10.00. The standard InChI is InChI=1S/C22H26ClN3O/c23-20-6-3-7-21(16-20)25-14-12-24(13-15-25)10-9-22(27)26-11-8-18-4-1-2-5-19(18)17-26/h1-7,16H,8-15,17H2. The maximum Gasteiger partial charge on any atom is 0.224 e. The molecule has 4 nitrogen and oxygen atoms in total. The number of carbonyl (C=O) groups excluding carboxylic acids is 1.